The maximum Gasteiger partial charge on any atom is 0.241 e. The lowest BCUT2D eigenvalue weighted by Crippen LogP contribution is -2.53. The lowest BCUT2D eigenvalue weighted by molar-refractivity contribution is -0.135. The van der Waals surface area contributed by atoms with Gasteiger partial charge in [0.2, 0.25) is 5.91 Å². The van der Waals surface area contributed by atoms with Gasteiger partial charge in [0, 0.05) is 36.8 Å². The lowest BCUT2D eigenvalue weighted by atomic mass is 9.95. The Morgan fingerprint density at radius 3 is 2.69 bits per heavy atom. The van der Waals surface area contributed by atoms with Gasteiger partial charge < -0.3 is 10.2 Å². The summed E-state index contributed by atoms with van der Waals surface area (Å²) in [7, 11) is 0. The molecule has 1 saturated carbocycles. The molecule has 1 aliphatic carbocycles. The summed E-state index contributed by atoms with van der Waals surface area (Å²) in [5, 5.41) is 3.64. The zero-order valence-corrected chi connectivity index (χ0v) is 16.0. The molecule has 0 aromatic heterocycles. The Hall–Kier alpha value is -1.59. The molecule has 0 bridgehead atoms. The van der Waals surface area contributed by atoms with Gasteiger partial charge in [0.05, 0.1) is 0 Å². The van der Waals surface area contributed by atoms with Crippen LogP contribution in [0.1, 0.15) is 57.4 Å². The molecular weight excluding hydrogens is 324 g/mol. The maximum atomic E-state index is 13.1. The summed E-state index contributed by atoms with van der Waals surface area (Å²) < 4.78 is 0. The molecule has 5 heteroatoms. The number of anilines is 1. The van der Waals surface area contributed by atoms with Gasteiger partial charge in [0.25, 0.3) is 0 Å². The van der Waals surface area contributed by atoms with Crippen LogP contribution in [0.5, 0.6) is 0 Å². The highest BCUT2D eigenvalue weighted by Gasteiger charge is 2.44. The Bertz CT molecular complexity index is 629. The molecular formula is C21H32N4O. The van der Waals surface area contributed by atoms with E-state index in [0.717, 1.165) is 31.6 Å². The van der Waals surface area contributed by atoms with Crippen LogP contribution in [0.4, 0.5) is 5.69 Å². The van der Waals surface area contributed by atoms with Gasteiger partial charge in [-0.3, -0.25) is 10.2 Å². The third kappa shape index (κ3) is 3.60. The Balaban J connectivity index is 1.35. The molecule has 2 heterocycles. The summed E-state index contributed by atoms with van der Waals surface area (Å²) in [6, 6.07) is 9.53. The predicted molar refractivity (Wildman–Crippen MR) is 105 cm³/mol. The first kappa shape index (κ1) is 17.8. The van der Waals surface area contributed by atoms with Crippen LogP contribution in [0.15, 0.2) is 24.3 Å². The van der Waals surface area contributed by atoms with Crippen LogP contribution >= 0.6 is 0 Å². The van der Waals surface area contributed by atoms with E-state index in [1.165, 1.54) is 24.8 Å². The standard InChI is InChI=1S/C21H32N4O/c1-14(2)15-8-10-16(11-9-15)22-17-5-4-12-25(13-17)21(26)20-18-6-3-7-19(18)23-24-20/h8-11,14,17-20,22-24H,3-7,12-13H2,1-2H3. The van der Waals surface area contributed by atoms with Crippen LogP contribution in [0, 0.1) is 5.92 Å². The summed E-state index contributed by atoms with van der Waals surface area (Å²) in [6.07, 6.45) is 5.79. The van der Waals surface area contributed by atoms with Crippen LogP contribution in [0.2, 0.25) is 0 Å². The maximum absolute atomic E-state index is 13.1. The number of carbonyl (C=O) groups is 1. The fourth-order valence-electron chi connectivity index (χ4n) is 4.81. The second-order valence-electron chi connectivity index (χ2n) is 8.51. The second-order valence-corrected chi connectivity index (χ2v) is 8.51. The number of benzene rings is 1. The van der Waals surface area contributed by atoms with Crippen molar-refractivity contribution in [3.63, 3.8) is 0 Å². The van der Waals surface area contributed by atoms with Crippen molar-refractivity contribution in [2.45, 2.75) is 70.0 Å². The van der Waals surface area contributed by atoms with Crippen LogP contribution < -0.4 is 16.2 Å². The normalized spacial score (nSPS) is 31.3. The van der Waals surface area contributed by atoms with Crippen molar-refractivity contribution in [2.75, 3.05) is 18.4 Å². The third-order valence-electron chi connectivity index (χ3n) is 6.37. The molecule has 3 aliphatic rings. The number of amides is 1. The Labute approximate surface area is 156 Å². The number of rotatable bonds is 4. The second kappa shape index (κ2) is 7.57. The van der Waals surface area contributed by atoms with Crippen LogP contribution in [-0.2, 0) is 4.79 Å². The Morgan fingerprint density at radius 2 is 1.92 bits per heavy atom. The zero-order chi connectivity index (χ0) is 18.1. The van der Waals surface area contributed by atoms with Crippen molar-refractivity contribution in [1.82, 2.24) is 15.8 Å². The number of hydrogen-bond donors (Lipinski definition) is 3. The SMILES string of the molecule is CC(C)c1ccc(NC2CCCN(C(=O)C3NNC4CCCC43)C2)cc1. The van der Waals surface area contributed by atoms with Crippen LogP contribution in [0.3, 0.4) is 0 Å². The highest BCUT2D eigenvalue weighted by atomic mass is 16.2. The number of carbonyl (C=O) groups excluding carboxylic acids is 1. The van der Waals surface area contributed by atoms with Crippen LogP contribution in [0.25, 0.3) is 0 Å². The van der Waals surface area contributed by atoms with Gasteiger partial charge in [-0.15, -0.1) is 0 Å². The molecule has 0 radical (unpaired) electrons. The molecule has 3 fully saturated rings. The summed E-state index contributed by atoms with van der Waals surface area (Å²) >= 11 is 0. The number of likely N-dealkylation sites (tertiary alicyclic amines) is 1. The summed E-state index contributed by atoms with van der Waals surface area (Å²) in [5.74, 6) is 1.31. The van der Waals surface area contributed by atoms with E-state index in [4.69, 9.17) is 0 Å². The van der Waals surface area contributed by atoms with Gasteiger partial charge in [-0.1, -0.05) is 32.4 Å². The highest BCUT2D eigenvalue weighted by molar-refractivity contribution is 5.83. The van der Waals surface area contributed by atoms with Crippen molar-refractivity contribution in [3.05, 3.63) is 29.8 Å². The minimum absolute atomic E-state index is 0.0356. The average molecular weight is 357 g/mol. The largest absolute Gasteiger partial charge is 0.381 e. The lowest BCUT2D eigenvalue weighted by Gasteiger charge is -2.35. The molecule has 1 aromatic carbocycles. The number of hydrazine groups is 1. The Morgan fingerprint density at radius 1 is 1.12 bits per heavy atom. The van der Waals surface area contributed by atoms with Crippen molar-refractivity contribution >= 4 is 11.6 Å². The molecule has 2 saturated heterocycles. The topological polar surface area (TPSA) is 56.4 Å². The summed E-state index contributed by atoms with van der Waals surface area (Å²) in [5.41, 5.74) is 9.14. The number of nitrogens with zero attached hydrogens (tertiary/aromatic N) is 1. The minimum atomic E-state index is -0.0356. The summed E-state index contributed by atoms with van der Waals surface area (Å²) in [4.78, 5) is 15.1. The van der Waals surface area contributed by atoms with Gasteiger partial charge >= 0.3 is 0 Å². The van der Waals surface area contributed by atoms with E-state index in [9.17, 15) is 4.79 Å². The predicted octanol–water partition coefficient (Wildman–Crippen LogP) is 2.86. The molecule has 4 atom stereocenters. The van der Waals surface area contributed by atoms with E-state index < -0.39 is 0 Å². The number of nitrogens with one attached hydrogen (secondary N) is 3. The number of hydrogen-bond acceptors (Lipinski definition) is 4. The van der Waals surface area contributed by atoms with Crippen LogP contribution in [-0.4, -0.2) is 42.0 Å². The van der Waals surface area contributed by atoms with E-state index >= 15 is 0 Å². The molecule has 3 N–H and O–H groups in total. The molecule has 2 aliphatic heterocycles. The van der Waals surface area contributed by atoms with Gasteiger partial charge in [0.1, 0.15) is 6.04 Å². The van der Waals surface area contributed by atoms with E-state index in [1.807, 2.05) is 0 Å². The first-order chi connectivity index (χ1) is 12.6. The molecule has 1 aromatic rings. The highest BCUT2D eigenvalue weighted by Crippen LogP contribution is 2.32. The average Bonchev–Trinajstić information content (AvgIpc) is 3.25. The smallest absolute Gasteiger partial charge is 0.241 e. The van der Waals surface area contributed by atoms with Gasteiger partial charge in [-0.2, -0.15) is 0 Å². The van der Waals surface area contributed by atoms with Crippen molar-refractivity contribution in [1.29, 1.82) is 0 Å². The molecule has 1 amide bonds. The molecule has 26 heavy (non-hydrogen) atoms. The van der Waals surface area contributed by atoms with Gasteiger partial charge in [0.15, 0.2) is 0 Å². The Kier molecular flexibility index (Phi) is 5.18. The molecule has 4 rings (SSSR count). The van der Waals surface area contributed by atoms with Crippen molar-refractivity contribution in [3.8, 4) is 0 Å². The first-order valence-electron chi connectivity index (χ1n) is 10.3. The third-order valence-corrected chi connectivity index (χ3v) is 6.37. The zero-order valence-electron chi connectivity index (χ0n) is 16.0. The quantitative estimate of drug-likeness (QED) is 0.776. The van der Waals surface area contributed by atoms with Crippen molar-refractivity contribution < 1.29 is 4.79 Å². The molecule has 142 valence electrons. The molecule has 5 nitrogen and oxygen atoms in total. The molecule has 0 spiro atoms. The monoisotopic (exact) mass is 356 g/mol. The van der Waals surface area contributed by atoms with E-state index in [0.29, 0.717) is 23.9 Å². The van der Waals surface area contributed by atoms with Gasteiger partial charge in [-0.05, 0) is 49.3 Å². The van der Waals surface area contributed by atoms with E-state index in [1.54, 1.807) is 0 Å². The first-order valence-corrected chi connectivity index (χ1v) is 10.3. The number of fused-ring (bicyclic) bond motifs is 1. The van der Waals surface area contributed by atoms with E-state index in [2.05, 4.69) is 59.2 Å². The van der Waals surface area contributed by atoms with Gasteiger partial charge in [-0.25, -0.2) is 5.43 Å². The minimum Gasteiger partial charge on any atom is -0.381 e. The van der Waals surface area contributed by atoms with E-state index in [-0.39, 0.29) is 11.9 Å². The fourth-order valence-corrected chi connectivity index (χ4v) is 4.81. The fraction of sp³-hybridized carbons (Fsp3) is 0.667. The van der Waals surface area contributed by atoms with Crippen molar-refractivity contribution in [2.24, 2.45) is 5.92 Å². The molecule has 4 unspecified atom stereocenters. The summed E-state index contributed by atoms with van der Waals surface area (Å²) in [6.45, 7) is 6.13. The number of piperidine rings is 1.